The van der Waals surface area contributed by atoms with Crippen LogP contribution in [0.5, 0.6) is 0 Å². The number of hydrogen-bond acceptors (Lipinski definition) is 9. The van der Waals surface area contributed by atoms with Crippen LogP contribution in [0.25, 0.3) is 268 Å². The highest BCUT2D eigenvalue weighted by Gasteiger charge is 2.26. The van der Waals surface area contributed by atoms with Gasteiger partial charge in [-0.25, -0.2) is 29.9 Å². The number of rotatable bonds is 15. The van der Waals surface area contributed by atoms with Crippen molar-refractivity contribution < 1.29 is 0 Å². The number of benzene rings is 20. The summed E-state index contributed by atoms with van der Waals surface area (Å²) < 4.78 is 11.1. The van der Waals surface area contributed by atoms with Crippen LogP contribution in [0.1, 0.15) is 0 Å². The SMILES string of the molecule is c1ccc(-c2cc(-c3ccc(-c4c5cc(-c6ccc7ccccc7c6)ccc5n5c4sc4ccccc45)cc3)nc(-c3ccccc3)n2)cc1.c1ccc(-c2cc(-c3ccc(-c4c5cc(-c6cccc7ccccc67)ccc5n5c4sc4ccccc45)cc3)nc(-c3ccccc3)n2)cc1.c1ccc(-c2ccc3c(c2)c(-c2ccc(-c4cc(-c5ccccc5)nc(-c5ccccc5)n4)cc2)c2sc4ccccc4n23)cc1. The molecule has 0 spiro atoms. The van der Waals surface area contributed by atoms with Crippen molar-refractivity contribution in [1.29, 1.82) is 0 Å². The van der Waals surface area contributed by atoms with Crippen LogP contribution in [0.4, 0.5) is 0 Å². The zero-order valence-electron chi connectivity index (χ0n) is 78.8. The van der Waals surface area contributed by atoms with Crippen molar-refractivity contribution in [3.63, 3.8) is 0 Å². The molecule has 0 aliphatic carbocycles. The maximum Gasteiger partial charge on any atom is 0.160 e. The summed E-state index contributed by atoms with van der Waals surface area (Å²) in [5, 5.41) is 8.78. The number of aromatic nitrogens is 9. The molecule has 12 heteroatoms. The molecule has 0 saturated carbocycles. The minimum Gasteiger partial charge on any atom is -0.299 e. The van der Waals surface area contributed by atoms with Gasteiger partial charge in [-0.05, 0) is 169 Å². The minimum atomic E-state index is 0.720. The zero-order valence-corrected chi connectivity index (χ0v) is 81.3. The Bertz CT molecular complexity index is 9840. The Hall–Kier alpha value is -18.6. The van der Waals surface area contributed by atoms with E-state index in [-0.39, 0.29) is 0 Å². The van der Waals surface area contributed by atoms with Crippen molar-refractivity contribution >= 4 is 133 Å². The van der Waals surface area contributed by atoms with Crippen molar-refractivity contribution in [3.05, 3.63) is 516 Å². The first-order valence-electron chi connectivity index (χ1n) is 49.1. The van der Waals surface area contributed by atoms with Gasteiger partial charge >= 0.3 is 0 Å². The van der Waals surface area contributed by atoms with E-state index in [1.165, 1.54) is 166 Å². The molecule has 0 bridgehead atoms. The molecule has 0 amide bonds. The largest absolute Gasteiger partial charge is 0.299 e. The van der Waals surface area contributed by atoms with Gasteiger partial charge in [-0.3, -0.25) is 13.2 Å². The molecular formula is C134H85N9S3. The van der Waals surface area contributed by atoms with Gasteiger partial charge < -0.3 is 0 Å². The van der Waals surface area contributed by atoms with Gasteiger partial charge in [0.1, 0.15) is 14.5 Å². The van der Waals surface area contributed by atoms with Gasteiger partial charge in [-0.1, -0.05) is 419 Å². The van der Waals surface area contributed by atoms with E-state index in [0.717, 1.165) is 102 Å². The predicted octanol–water partition coefficient (Wildman–Crippen LogP) is 36.6. The number of thiazole rings is 3. The van der Waals surface area contributed by atoms with Gasteiger partial charge in [0.2, 0.25) is 0 Å². The van der Waals surface area contributed by atoms with E-state index >= 15 is 0 Å². The third-order valence-corrected chi connectivity index (χ3v) is 31.3. The molecule has 9 nitrogen and oxygen atoms in total. The van der Waals surface area contributed by atoms with Gasteiger partial charge in [0.05, 0.1) is 81.4 Å². The summed E-state index contributed by atoms with van der Waals surface area (Å²) in [5.74, 6) is 2.16. The molecule has 684 valence electrons. The number of nitrogens with zero attached hydrogens (tertiary/aromatic N) is 9. The fraction of sp³-hybridized carbons (Fsp3) is 0. The van der Waals surface area contributed by atoms with Crippen molar-refractivity contribution in [1.82, 2.24) is 43.1 Å². The van der Waals surface area contributed by atoms with E-state index in [1.54, 1.807) is 0 Å². The van der Waals surface area contributed by atoms with Crippen LogP contribution < -0.4 is 0 Å². The molecule has 146 heavy (non-hydrogen) atoms. The smallest absolute Gasteiger partial charge is 0.160 e. The molecule has 0 aliphatic rings. The summed E-state index contributed by atoms with van der Waals surface area (Å²) in [7, 11) is 0. The monoisotopic (exact) mass is 1920 g/mol. The fourth-order valence-corrected chi connectivity index (χ4v) is 24.5. The number of hydrogen-bond donors (Lipinski definition) is 0. The normalized spacial score (nSPS) is 11.6. The zero-order chi connectivity index (χ0) is 96.5. The van der Waals surface area contributed by atoms with Crippen LogP contribution in [0, 0.1) is 0 Å². The van der Waals surface area contributed by atoms with Crippen LogP contribution in [0.3, 0.4) is 0 Å². The average molecular weight is 1920 g/mol. The molecule has 0 unspecified atom stereocenters. The van der Waals surface area contributed by atoms with Gasteiger partial charge in [0.25, 0.3) is 0 Å². The lowest BCUT2D eigenvalue weighted by Crippen LogP contribution is -1.95. The standard InChI is InChI=1S/2C46H29N3S.C42H27N3S/c1-3-13-31(14-4-1)39-29-40(48-45(47-39)34-15-5-2-6-16-34)32-22-24-33(25-23-32)44-38-28-35(37-19-11-17-30-12-7-8-18-36(30)37)26-27-41(38)49-42-20-9-10-21-43(42)50-46(44)49;1-3-12-31(13-4-1)39-29-40(48-45(47-39)34-14-5-2-6-15-34)32-20-22-33(23-21-32)44-38-28-37(36-24-19-30-11-7-8-16-35(30)27-36)25-26-41(38)49-42-17-9-10-18-43(42)50-46(44)49;1-4-12-28(13-5-1)33-24-25-37-34(26-33)40(42-45(37)38-18-10-11-19-39(38)46-42)31-22-20-30(21-23-31)36-27-35(29-14-6-2-7-15-29)43-41(44-36)32-16-8-3-9-17-32/h2*1-29H;1-27H. The third kappa shape index (κ3) is 16.0. The Kier molecular flexibility index (Phi) is 22.0. The highest BCUT2D eigenvalue weighted by atomic mass is 32.1. The van der Waals surface area contributed by atoms with E-state index in [0.29, 0.717) is 0 Å². The van der Waals surface area contributed by atoms with E-state index in [4.69, 9.17) is 29.9 Å². The molecule has 9 aromatic heterocycles. The summed E-state index contributed by atoms with van der Waals surface area (Å²) in [4.78, 5) is 33.9. The molecule has 9 heterocycles. The Morgan fingerprint density at radius 1 is 0.144 bits per heavy atom. The first-order valence-corrected chi connectivity index (χ1v) is 51.5. The van der Waals surface area contributed by atoms with Gasteiger partial charge in [-0.15, -0.1) is 34.0 Å². The summed E-state index contributed by atoms with van der Waals surface area (Å²) in [5.41, 5.74) is 36.8. The van der Waals surface area contributed by atoms with Gasteiger partial charge in [0, 0.05) is 82.9 Å². The lowest BCUT2D eigenvalue weighted by atomic mass is 9.95. The second kappa shape index (κ2) is 37.1. The van der Waals surface area contributed by atoms with E-state index in [2.05, 4.69) is 444 Å². The Balaban J connectivity index is 0.000000109. The summed E-state index contributed by atoms with van der Waals surface area (Å²) in [6, 6.07) is 183. The second-order valence-corrected chi connectivity index (χ2v) is 39.8. The van der Waals surface area contributed by atoms with Gasteiger partial charge in [-0.2, -0.15) is 0 Å². The molecule has 0 radical (unpaired) electrons. The van der Waals surface area contributed by atoms with Crippen LogP contribution in [0.15, 0.2) is 516 Å². The van der Waals surface area contributed by atoms with Crippen molar-refractivity contribution in [2.24, 2.45) is 0 Å². The quantitative estimate of drug-likeness (QED) is 0.102. The van der Waals surface area contributed by atoms with Crippen LogP contribution in [-0.4, -0.2) is 43.1 Å². The van der Waals surface area contributed by atoms with Crippen molar-refractivity contribution in [2.75, 3.05) is 0 Å². The molecular weight excluding hydrogens is 1830 g/mol. The number of para-hydroxylation sites is 3. The fourth-order valence-electron chi connectivity index (χ4n) is 20.8. The topological polar surface area (TPSA) is 90.6 Å². The van der Waals surface area contributed by atoms with E-state index < -0.39 is 0 Å². The molecule has 0 N–H and O–H groups in total. The first kappa shape index (κ1) is 86.5. The molecule has 0 saturated heterocycles. The Labute approximate surface area is 853 Å². The van der Waals surface area contributed by atoms with Crippen LogP contribution in [-0.2, 0) is 0 Å². The summed E-state index contributed by atoms with van der Waals surface area (Å²) in [6.07, 6.45) is 0. The molecule has 20 aromatic carbocycles. The van der Waals surface area contributed by atoms with Crippen molar-refractivity contribution in [3.8, 4) is 168 Å². The third-order valence-electron chi connectivity index (χ3n) is 27.9. The van der Waals surface area contributed by atoms with E-state index in [1.807, 2.05) is 119 Å². The Morgan fingerprint density at radius 2 is 0.397 bits per heavy atom. The predicted molar refractivity (Wildman–Crippen MR) is 614 cm³/mol. The molecule has 0 atom stereocenters. The minimum absolute atomic E-state index is 0.720. The maximum atomic E-state index is 5.08. The molecule has 29 aromatic rings. The maximum absolute atomic E-state index is 5.08. The first-order chi connectivity index (χ1) is 72.3. The second-order valence-electron chi connectivity index (χ2n) is 36.7. The summed E-state index contributed by atoms with van der Waals surface area (Å²) >= 11 is 5.56. The van der Waals surface area contributed by atoms with Crippen LogP contribution >= 0.6 is 34.0 Å². The molecule has 0 fully saturated rings. The Morgan fingerprint density at radius 3 is 0.767 bits per heavy atom. The van der Waals surface area contributed by atoms with Gasteiger partial charge in [0.15, 0.2) is 17.5 Å². The van der Waals surface area contributed by atoms with Crippen molar-refractivity contribution in [2.45, 2.75) is 0 Å². The summed E-state index contributed by atoms with van der Waals surface area (Å²) in [6.45, 7) is 0. The van der Waals surface area contributed by atoms with Crippen LogP contribution in [0.2, 0.25) is 0 Å². The lowest BCUT2D eigenvalue weighted by molar-refractivity contribution is 1.18. The molecule has 29 rings (SSSR count). The number of fused-ring (bicyclic) bond motifs is 17. The average Bonchev–Trinajstić information content (AvgIpc) is 1.57. The highest BCUT2D eigenvalue weighted by Crippen LogP contribution is 2.50. The van der Waals surface area contributed by atoms with E-state index in [9.17, 15) is 0 Å². The molecule has 0 aliphatic heterocycles. The lowest BCUT2D eigenvalue weighted by Gasteiger charge is -2.10. The highest BCUT2D eigenvalue weighted by molar-refractivity contribution is 7.25.